The van der Waals surface area contributed by atoms with E-state index in [1.165, 1.54) is 51.1 Å². The number of hydrogen-bond acceptors (Lipinski definition) is 6. The van der Waals surface area contributed by atoms with Gasteiger partial charge in [-0.25, -0.2) is 4.39 Å². The number of rotatable bonds is 3. The van der Waals surface area contributed by atoms with Crippen LogP contribution in [0.3, 0.4) is 0 Å². The molecule has 8 nitrogen and oxygen atoms in total. The van der Waals surface area contributed by atoms with E-state index in [-0.39, 0.29) is 22.5 Å². The standard InChI is InChI=1S/C20H17FN4O4S/c1-12-4-6-16(9-17(12)21)25-19(30(27,28)29)24(18(26)20(25,2)3)15-7-5-13(10-22)14(8-15)11-23/h4-9,19H,1-3H3,(H,27,28,29). The zero-order valence-corrected chi connectivity index (χ0v) is 17.1. The summed E-state index contributed by atoms with van der Waals surface area (Å²) in [5.41, 5.74) is -2.99. The summed E-state index contributed by atoms with van der Waals surface area (Å²) in [6.45, 7) is 4.42. The fourth-order valence-corrected chi connectivity index (χ4v) is 4.59. The Kier molecular flexibility index (Phi) is 5.02. The van der Waals surface area contributed by atoms with Crippen molar-refractivity contribution in [3.63, 3.8) is 0 Å². The topological polar surface area (TPSA) is 126 Å². The van der Waals surface area contributed by atoms with Gasteiger partial charge in [-0.3, -0.25) is 14.2 Å². The zero-order chi connectivity index (χ0) is 22.4. The first-order valence-electron chi connectivity index (χ1n) is 8.73. The van der Waals surface area contributed by atoms with Gasteiger partial charge < -0.3 is 4.90 Å². The van der Waals surface area contributed by atoms with Crippen molar-refractivity contribution in [1.29, 1.82) is 10.5 Å². The quantitative estimate of drug-likeness (QED) is 0.745. The highest BCUT2D eigenvalue weighted by Crippen LogP contribution is 2.41. The van der Waals surface area contributed by atoms with Gasteiger partial charge >= 0.3 is 10.1 Å². The smallest absolute Gasteiger partial charge is 0.306 e. The van der Waals surface area contributed by atoms with Crippen LogP contribution in [0.5, 0.6) is 0 Å². The van der Waals surface area contributed by atoms with Crippen molar-refractivity contribution in [1.82, 2.24) is 0 Å². The van der Waals surface area contributed by atoms with E-state index in [2.05, 4.69) is 0 Å². The number of hydrogen-bond donors (Lipinski definition) is 1. The molecular weight excluding hydrogens is 411 g/mol. The summed E-state index contributed by atoms with van der Waals surface area (Å²) >= 11 is 0. The van der Waals surface area contributed by atoms with Crippen molar-refractivity contribution in [3.8, 4) is 12.1 Å². The molecule has 2 aromatic carbocycles. The third-order valence-electron chi connectivity index (χ3n) is 5.01. The SMILES string of the molecule is Cc1ccc(N2C(S(=O)(=O)O)N(c3ccc(C#N)c(C#N)c3)C(=O)C2(C)C)cc1F. The molecule has 1 aliphatic rings. The fourth-order valence-electron chi connectivity index (χ4n) is 3.45. The maximum Gasteiger partial charge on any atom is 0.306 e. The van der Waals surface area contributed by atoms with Crippen LogP contribution < -0.4 is 9.80 Å². The molecule has 30 heavy (non-hydrogen) atoms. The maximum absolute atomic E-state index is 14.2. The predicted octanol–water partition coefficient (Wildman–Crippen LogP) is 2.68. The number of carbonyl (C=O) groups is 1. The molecule has 154 valence electrons. The maximum atomic E-state index is 14.2. The van der Waals surface area contributed by atoms with Gasteiger partial charge in [0.2, 0.25) is 5.50 Å². The second-order valence-corrected chi connectivity index (χ2v) is 8.78. The first-order chi connectivity index (χ1) is 13.9. The first kappa shape index (κ1) is 21.2. The van der Waals surface area contributed by atoms with E-state index in [4.69, 9.17) is 5.26 Å². The molecule has 0 spiro atoms. The summed E-state index contributed by atoms with van der Waals surface area (Å²) in [6.07, 6.45) is 0. The lowest BCUT2D eigenvalue weighted by molar-refractivity contribution is -0.120. The lowest BCUT2D eigenvalue weighted by Gasteiger charge is -2.34. The molecule has 0 radical (unpaired) electrons. The van der Waals surface area contributed by atoms with E-state index in [0.29, 0.717) is 5.56 Å². The highest BCUT2D eigenvalue weighted by molar-refractivity contribution is 7.86. The lowest BCUT2D eigenvalue weighted by atomic mass is 10.0. The number of aryl methyl sites for hydroxylation is 1. The van der Waals surface area contributed by atoms with Crippen molar-refractivity contribution < 1.29 is 22.2 Å². The van der Waals surface area contributed by atoms with E-state index < -0.39 is 32.9 Å². The molecule has 1 atom stereocenters. The Morgan fingerprint density at radius 2 is 1.67 bits per heavy atom. The molecule has 2 aromatic rings. The second kappa shape index (κ2) is 7.10. The normalized spacial score (nSPS) is 18.2. The molecule has 1 heterocycles. The number of nitriles is 2. The minimum absolute atomic E-state index is 0.00123. The Labute approximate surface area is 173 Å². The Bertz CT molecular complexity index is 1240. The first-order valence-corrected chi connectivity index (χ1v) is 10.2. The number of anilines is 2. The Hall–Kier alpha value is -3.47. The van der Waals surface area contributed by atoms with Gasteiger partial charge in [-0.15, -0.1) is 0 Å². The van der Waals surface area contributed by atoms with Crippen molar-refractivity contribution >= 4 is 27.4 Å². The zero-order valence-electron chi connectivity index (χ0n) is 16.3. The molecule has 3 rings (SSSR count). The Morgan fingerprint density at radius 1 is 1.07 bits per heavy atom. The third kappa shape index (κ3) is 3.26. The summed E-state index contributed by atoms with van der Waals surface area (Å²) in [4.78, 5) is 15.2. The monoisotopic (exact) mass is 428 g/mol. The minimum atomic E-state index is -4.90. The van der Waals surface area contributed by atoms with Crippen LogP contribution in [0.4, 0.5) is 15.8 Å². The second-order valence-electron chi connectivity index (χ2n) is 7.33. The number of benzene rings is 2. The number of amides is 1. The van der Waals surface area contributed by atoms with Gasteiger partial charge in [0.05, 0.1) is 11.1 Å². The Morgan fingerprint density at radius 3 is 2.20 bits per heavy atom. The van der Waals surface area contributed by atoms with Gasteiger partial charge in [-0.2, -0.15) is 18.9 Å². The van der Waals surface area contributed by atoms with Crippen LogP contribution in [0.1, 0.15) is 30.5 Å². The van der Waals surface area contributed by atoms with Crippen LogP contribution in [0, 0.1) is 35.4 Å². The van der Waals surface area contributed by atoms with Crippen LogP contribution >= 0.6 is 0 Å². The van der Waals surface area contributed by atoms with Gasteiger partial charge in [-0.1, -0.05) is 6.07 Å². The number of carbonyl (C=O) groups excluding carboxylic acids is 1. The molecule has 1 unspecified atom stereocenters. The molecule has 0 aromatic heterocycles. The van der Waals surface area contributed by atoms with Gasteiger partial charge in [0.25, 0.3) is 5.91 Å². The Balaban J connectivity index is 2.27. The van der Waals surface area contributed by atoms with Gasteiger partial charge in [0, 0.05) is 11.4 Å². The van der Waals surface area contributed by atoms with Crippen LogP contribution in [0.15, 0.2) is 36.4 Å². The molecule has 1 amide bonds. The van der Waals surface area contributed by atoms with Crippen molar-refractivity contribution in [2.45, 2.75) is 31.8 Å². The van der Waals surface area contributed by atoms with Crippen LogP contribution in [-0.4, -0.2) is 29.9 Å². The molecule has 0 bridgehead atoms. The van der Waals surface area contributed by atoms with Crippen molar-refractivity contribution in [3.05, 3.63) is 58.9 Å². The predicted molar refractivity (Wildman–Crippen MR) is 106 cm³/mol. The summed E-state index contributed by atoms with van der Waals surface area (Å²) in [5, 5.41) is 18.4. The molecule has 0 aliphatic carbocycles. The molecule has 1 saturated heterocycles. The van der Waals surface area contributed by atoms with Gasteiger partial charge in [0.1, 0.15) is 23.5 Å². The largest absolute Gasteiger partial charge is 0.322 e. The third-order valence-corrected chi connectivity index (χ3v) is 5.96. The molecular formula is C20H17FN4O4S. The van der Waals surface area contributed by atoms with Crippen LogP contribution in [-0.2, 0) is 14.9 Å². The molecule has 1 N–H and O–H groups in total. The molecule has 10 heteroatoms. The van der Waals surface area contributed by atoms with Gasteiger partial charge in [0.15, 0.2) is 0 Å². The summed E-state index contributed by atoms with van der Waals surface area (Å²) in [7, 11) is -4.90. The number of halogens is 1. The van der Waals surface area contributed by atoms with E-state index in [1.807, 2.05) is 12.1 Å². The minimum Gasteiger partial charge on any atom is -0.322 e. The van der Waals surface area contributed by atoms with E-state index in [0.717, 1.165) is 15.9 Å². The van der Waals surface area contributed by atoms with Gasteiger partial charge in [-0.05, 0) is 56.7 Å². The van der Waals surface area contributed by atoms with E-state index in [9.17, 15) is 27.4 Å². The molecule has 1 aliphatic heterocycles. The fraction of sp³-hybridized carbons (Fsp3) is 0.250. The summed E-state index contributed by atoms with van der Waals surface area (Å²) in [6, 6.07) is 11.4. The van der Waals surface area contributed by atoms with Crippen molar-refractivity contribution in [2.24, 2.45) is 0 Å². The highest BCUT2D eigenvalue weighted by Gasteiger charge is 2.57. The molecule has 0 saturated carbocycles. The van der Waals surface area contributed by atoms with Crippen LogP contribution in [0.25, 0.3) is 0 Å². The highest BCUT2D eigenvalue weighted by atomic mass is 32.2. The number of nitrogens with zero attached hydrogens (tertiary/aromatic N) is 4. The molecule has 1 fully saturated rings. The van der Waals surface area contributed by atoms with E-state index in [1.54, 1.807) is 0 Å². The summed E-state index contributed by atoms with van der Waals surface area (Å²) < 4.78 is 49.0. The average molecular weight is 428 g/mol. The van der Waals surface area contributed by atoms with Crippen molar-refractivity contribution in [2.75, 3.05) is 9.80 Å². The summed E-state index contributed by atoms with van der Waals surface area (Å²) in [5.74, 6) is -1.30. The lowest BCUT2D eigenvalue weighted by Crippen LogP contribution is -2.49. The van der Waals surface area contributed by atoms with E-state index >= 15 is 0 Å². The van der Waals surface area contributed by atoms with Crippen LogP contribution in [0.2, 0.25) is 0 Å². The average Bonchev–Trinajstić information content (AvgIpc) is 2.90.